The first-order valence-electron chi connectivity index (χ1n) is 17.5. The lowest BCUT2D eigenvalue weighted by atomic mass is 9.14. The van der Waals surface area contributed by atoms with Crippen LogP contribution in [-0.2, 0) is 11.7 Å². The van der Waals surface area contributed by atoms with Crippen molar-refractivity contribution in [3.8, 4) is 0 Å². The Bertz CT molecular complexity index is 1740. The van der Waals surface area contributed by atoms with Crippen LogP contribution in [0.4, 0.5) is 0 Å². The number of hydrogen-bond donors (Lipinski definition) is 0. The fourth-order valence-corrected chi connectivity index (χ4v) is 7.71. The van der Waals surface area contributed by atoms with E-state index in [0.717, 1.165) is 19.2 Å². The first kappa shape index (κ1) is 33.6. The van der Waals surface area contributed by atoms with Crippen molar-refractivity contribution in [3.05, 3.63) is 235 Å². The van der Waals surface area contributed by atoms with E-state index in [4.69, 9.17) is 7.85 Å². The average molecular weight is 629 g/mol. The molecular weight excluding hydrogens is 586 g/mol. The molecule has 238 valence electrons. The van der Waals surface area contributed by atoms with Gasteiger partial charge in [0.15, 0.2) is 0 Å². The molecule has 0 bridgehead atoms. The van der Waals surface area contributed by atoms with Crippen molar-refractivity contribution in [2.75, 3.05) is 0 Å². The summed E-state index contributed by atoms with van der Waals surface area (Å²) in [6.45, 7) is 0. The van der Waals surface area contributed by atoms with Crippen LogP contribution in [-0.4, -0.2) is 14.0 Å². The van der Waals surface area contributed by atoms with E-state index in [1.54, 1.807) is 0 Å². The minimum atomic E-state index is -1.09. The molecular formula is C47H43B2-. The monoisotopic (exact) mass is 629 g/mol. The van der Waals surface area contributed by atoms with Gasteiger partial charge in [-0.2, -0.15) is 16.4 Å². The molecule has 2 heteroatoms. The zero-order valence-electron chi connectivity index (χ0n) is 28.2. The highest BCUT2D eigenvalue weighted by Gasteiger charge is 2.35. The maximum atomic E-state index is 5.87. The van der Waals surface area contributed by atoms with Crippen molar-refractivity contribution < 1.29 is 0 Å². The first-order valence-corrected chi connectivity index (χ1v) is 17.5. The van der Waals surface area contributed by atoms with Gasteiger partial charge in [0.2, 0.25) is 0 Å². The summed E-state index contributed by atoms with van der Waals surface area (Å²) >= 11 is 0. The molecule has 0 heterocycles. The second-order valence-corrected chi connectivity index (χ2v) is 12.9. The highest BCUT2D eigenvalue weighted by atomic mass is 14.4. The predicted octanol–water partition coefficient (Wildman–Crippen LogP) is 9.33. The van der Waals surface area contributed by atoms with Crippen molar-refractivity contribution in [1.82, 2.24) is 0 Å². The van der Waals surface area contributed by atoms with Gasteiger partial charge in [-0.3, -0.25) is 0 Å². The summed E-state index contributed by atoms with van der Waals surface area (Å²) in [4.78, 5) is 0. The van der Waals surface area contributed by atoms with Gasteiger partial charge in [0, 0.05) is 5.41 Å². The molecule has 0 aromatic heterocycles. The van der Waals surface area contributed by atoms with Gasteiger partial charge in [0.25, 0.3) is 0 Å². The molecule has 0 fully saturated rings. The topological polar surface area (TPSA) is 0 Å². The lowest BCUT2D eigenvalue weighted by Crippen LogP contribution is -2.68. The van der Waals surface area contributed by atoms with E-state index in [0.29, 0.717) is 6.32 Å². The molecule has 2 radical (unpaired) electrons. The first-order chi connectivity index (χ1) is 24.3. The van der Waals surface area contributed by atoms with Crippen molar-refractivity contribution in [2.24, 2.45) is 0 Å². The van der Waals surface area contributed by atoms with Gasteiger partial charge >= 0.3 is 0 Å². The molecule has 7 aromatic rings. The lowest BCUT2D eigenvalue weighted by Gasteiger charge is -2.43. The van der Waals surface area contributed by atoms with E-state index < -0.39 is 6.15 Å². The standard InChI is InChI=1S/C25H22B.C22H21B/c1-5-13-22(14-6-1)21-26(23-15-7-2-8-16-23,24-17-9-3-10-18-24)25-19-11-4-12-20-25;23-18-10-17-22(19-11-4-1-5-12-19,20-13-6-2-7-14-20)21-15-8-3-9-16-21/h1-20H,21H2;1-9,11-16H,10,17-18H2/q-1;. The minimum Gasteiger partial charge on any atom is -0.200 e. The molecule has 0 nitrogen and oxygen atoms in total. The Morgan fingerprint density at radius 3 is 0.959 bits per heavy atom. The fourth-order valence-electron chi connectivity index (χ4n) is 7.71. The lowest BCUT2D eigenvalue weighted by molar-refractivity contribution is 0.550. The van der Waals surface area contributed by atoms with Crippen LogP contribution in [0.15, 0.2) is 212 Å². The van der Waals surface area contributed by atoms with Crippen LogP contribution in [0.2, 0.25) is 6.32 Å². The molecule has 7 aromatic carbocycles. The summed E-state index contributed by atoms with van der Waals surface area (Å²) in [5.74, 6) is 0. The maximum absolute atomic E-state index is 5.87. The minimum absolute atomic E-state index is 0.150. The zero-order valence-corrected chi connectivity index (χ0v) is 28.2. The van der Waals surface area contributed by atoms with E-state index in [-0.39, 0.29) is 5.41 Å². The molecule has 0 saturated heterocycles. The van der Waals surface area contributed by atoms with E-state index in [1.807, 2.05) is 0 Å². The molecule has 0 amide bonds. The molecule has 0 atom stereocenters. The summed E-state index contributed by atoms with van der Waals surface area (Å²) in [5.41, 5.74) is 9.34. The molecule has 0 unspecified atom stereocenters. The summed E-state index contributed by atoms with van der Waals surface area (Å²) < 4.78 is 0. The van der Waals surface area contributed by atoms with Crippen LogP contribution in [0.5, 0.6) is 0 Å². The summed E-state index contributed by atoms with van der Waals surface area (Å²) in [7, 11) is 5.87. The van der Waals surface area contributed by atoms with Crippen molar-refractivity contribution in [2.45, 2.75) is 30.9 Å². The van der Waals surface area contributed by atoms with Crippen LogP contribution in [0.1, 0.15) is 35.1 Å². The van der Waals surface area contributed by atoms with Crippen LogP contribution in [0, 0.1) is 0 Å². The van der Waals surface area contributed by atoms with Gasteiger partial charge in [0.1, 0.15) is 0 Å². The van der Waals surface area contributed by atoms with Crippen LogP contribution < -0.4 is 16.4 Å². The van der Waals surface area contributed by atoms with Gasteiger partial charge in [0.05, 0.1) is 14.0 Å². The Labute approximate surface area is 294 Å². The molecule has 7 rings (SSSR count). The predicted molar refractivity (Wildman–Crippen MR) is 213 cm³/mol. The molecule has 0 aliphatic carbocycles. The van der Waals surface area contributed by atoms with Crippen LogP contribution in [0.3, 0.4) is 0 Å². The van der Waals surface area contributed by atoms with Crippen molar-refractivity contribution >= 4 is 30.4 Å². The largest absolute Gasteiger partial charge is 0.200 e. The number of hydrogen-bond acceptors (Lipinski definition) is 0. The molecule has 0 aliphatic rings. The second-order valence-electron chi connectivity index (χ2n) is 12.9. The SMILES string of the molecule is [B]CCCC(c1ccccc1)(c1ccccc1)c1ccccc1.c1ccc(C[B-](c2ccccc2)(c2ccccc2)c2ccccc2)cc1. The zero-order chi connectivity index (χ0) is 33.6. The van der Waals surface area contributed by atoms with E-state index in [1.165, 1.54) is 38.6 Å². The molecule has 0 spiro atoms. The highest BCUT2D eigenvalue weighted by Crippen LogP contribution is 2.43. The van der Waals surface area contributed by atoms with Crippen LogP contribution >= 0.6 is 0 Å². The van der Waals surface area contributed by atoms with Gasteiger partial charge in [-0.1, -0.05) is 231 Å². The van der Waals surface area contributed by atoms with Gasteiger partial charge in [-0.05, 0) is 23.1 Å². The van der Waals surface area contributed by atoms with Crippen molar-refractivity contribution in [1.29, 1.82) is 0 Å². The van der Waals surface area contributed by atoms with Gasteiger partial charge in [-0.25, -0.2) is 0 Å². The third-order valence-electron chi connectivity index (χ3n) is 10.0. The Balaban J connectivity index is 0.000000171. The van der Waals surface area contributed by atoms with E-state index in [9.17, 15) is 0 Å². The smallest absolute Gasteiger partial charge is 0.0856 e. The summed E-state index contributed by atoms with van der Waals surface area (Å²) in [5, 5.41) is 0. The van der Waals surface area contributed by atoms with Gasteiger partial charge < -0.3 is 0 Å². The molecule has 0 aliphatic heterocycles. The third-order valence-corrected chi connectivity index (χ3v) is 10.0. The second kappa shape index (κ2) is 16.7. The summed E-state index contributed by atoms with van der Waals surface area (Å²) in [6.07, 6.45) is 2.58. The Kier molecular flexibility index (Phi) is 11.4. The molecule has 49 heavy (non-hydrogen) atoms. The average Bonchev–Trinajstić information content (AvgIpc) is 3.20. The van der Waals surface area contributed by atoms with Crippen LogP contribution in [0.25, 0.3) is 0 Å². The number of benzene rings is 7. The summed E-state index contributed by atoms with van der Waals surface area (Å²) in [6, 6.07) is 76.1. The maximum Gasteiger partial charge on any atom is 0.0856 e. The Morgan fingerprint density at radius 2 is 0.653 bits per heavy atom. The highest BCUT2D eigenvalue weighted by molar-refractivity contribution is 7.11. The number of rotatable bonds is 11. The molecule has 0 N–H and O–H groups in total. The Morgan fingerprint density at radius 1 is 0.367 bits per heavy atom. The fraction of sp³-hybridized carbons (Fsp3) is 0.106. The normalized spacial score (nSPS) is 11.3. The van der Waals surface area contributed by atoms with Crippen molar-refractivity contribution in [3.63, 3.8) is 0 Å². The van der Waals surface area contributed by atoms with E-state index >= 15 is 0 Å². The quantitative estimate of drug-likeness (QED) is 0.0989. The molecule has 0 saturated carbocycles. The van der Waals surface area contributed by atoms with Gasteiger partial charge in [-0.15, -0.1) is 6.32 Å². The Hall–Kier alpha value is -5.33. The van der Waals surface area contributed by atoms with E-state index in [2.05, 4.69) is 212 Å². The third kappa shape index (κ3) is 7.55.